The number of nitrogens with one attached hydrogen (secondary N) is 4. The molecule has 194 valence electrons. The Morgan fingerprint density at radius 1 is 1.19 bits per heavy atom. The largest absolute Gasteiger partial charge is 0.508 e. The summed E-state index contributed by atoms with van der Waals surface area (Å²) in [6, 6.07) is 8.42. The molecular weight excluding hydrogens is 490 g/mol. The molecule has 1 heterocycles. The zero-order valence-corrected chi connectivity index (χ0v) is 20.6. The number of nitrogens with zero attached hydrogens (tertiary/aromatic N) is 1. The molecule has 0 spiro atoms. The van der Waals surface area contributed by atoms with E-state index in [4.69, 9.17) is 11.6 Å². The lowest BCUT2D eigenvalue weighted by molar-refractivity contribution is -0.137. The summed E-state index contributed by atoms with van der Waals surface area (Å²) in [5.74, 6) is -1.22. The van der Waals surface area contributed by atoms with Crippen LogP contribution < -0.4 is 21.3 Å². The van der Waals surface area contributed by atoms with Crippen LogP contribution in [0.4, 0.5) is 11.4 Å². The number of aliphatic imine (C=N–C) groups is 1. The minimum absolute atomic E-state index is 0.0545. The highest BCUT2D eigenvalue weighted by Gasteiger charge is 2.23. The summed E-state index contributed by atoms with van der Waals surface area (Å²) in [6.07, 6.45) is -0.949. The first-order valence-electron chi connectivity index (χ1n) is 11.2. The number of hydrogen-bond donors (Lipinski definition) is 8. The van der Waals surface area contributed by atoms with Crippen molar-refractivity contribution in [2.75, 3.05) is 30.3 Å². The zero-order chi connectivity index (χ0) is 26.5. The Balaban J connectivity index is 1.68. The monoisotopic (exact) mass is 519 g/mol. The molecule has 2 unspecified atom stereocenters. The van der Waals surface area contributed by atoms with Crippen molar-refractivity contribution in [1.29, 1.82) is 0 Å². The Hall–Kier alpha value is -3.54. The molecular formula is C24H30ClN5O6. The van der Waals surface area contributed by atoms with Gasteiger partial charge in [0.15, 0.2) is 5.96 Å². The summed E-state index contributed by atoms with van der Waals surface area (Å²) in [7, 11) is 0. The molecule has 2 aromatic carbocycles. The van der Waals surface area contributed by atoms with Crippen molar-refractivity contribution >= 4 is 40.8 Å². The van der Waals surface area contributed by atoms with Gasteiger partial charge in [-0.15, -0.1) is 0 Å². The van der Waals surface area contributed by atoms with Crippen LogP contribution in [-0.4, -0.2) is 64.0 Å². The number of carbonyl (C=O) groups is 2. The molecule has 0 saturated carbocycles. The molecule has 2 aromatic rings. The standard InChI is InChI=1S/C24H30ClN5O6/c1-24(2,36)14-3-13(4-15(25)5-14)20(9-22(34)35)30-21(33)12-26-16-6-17(8-18(31)7-16)29-23-27-10-19(32)11-28-23/h3-8,19-20,26,31-32,36H,9-12H2,1-2H3,(H,30,33)(H,34,35)(H2,27,28,29). The molecule has 1 aliphatic heterocycles. The Morgan fingerprint density at radius 2 is 1.92 bits per heavy atom. The van der Waals surface area contributed by atoms with Crippen molar-refractivity contribution in [3.63, 3.8) is 0 Å². The zero-order valence-electron chi connectivity index (χ0n) is 19.9. The highest BCUT2D eigenvalue weighted by Crippen LogP contribution is 2.29. The maximum Gasteiger partial charge on any atom is 0.305 e. The average molecular weight is 520 g/mol. The van der Waals surface area contributed by atoms with E-state index in [2.05, 4.69) is 26.3 Å². The van der Waals surface area contributed by atoms with Gasteiger partial charge in [0.2, 0.25) is 5.91 Å². The van der Waals surface area contributed by atoms with Crippen molar-refractivity contribution in [2.45, 2.75) is 38.0 Å². The van der Waals surface area contributed by atoms with Gasteiger partial charge in [0, 0.05) is 35.1 Å². The number of carbonyl (C=O) groups excluding carboxylic acids is 1. The predicted octanol–water partition coefficient (Wildman–Crippen LogP) is 1.75. The lowest BCUT2D eigenvalue weighted by Gasteiger charge is -2.23. The van der Waals surface area contributed by atoms with Gasteiger partial charge < -0.3 is 41.7 Å². The van der Waals surface area contributed by atoms with Gasteiger partial charge >= 0.3 is 5.97 Å². The first kappa shape index (κ1) is 27.1. The molecule has 0 aliphatic carbocycles. The SMILES string of the molecule is CC(C)(O)c1cc(Cl)cc(C(CC(=O)O)NC(=O)CNc2cc(O)cc(NC3=NCC(O)CN3)c2)c1. The van der Waals surface area contributed by atoms with Gasteiger partial charge in [0.05, 0.1) is 37.3 Å². The minimum atomic E-state index is -1.21. The number of halogens is 1. The molecule has 11 nitrogen and oxygen atoms in total. The van der Waals surface area contributed by atoms with Crippen LogP contribution in [0.1, 0.15) is 37.4 Å². The number of amides is 1. The minimum Gasteiger partial charge on any atom is -0.508 e. The smallest absolute Gasteiger partial charge is 0.305 e. The maximum absolute atomic E-state index is 12.7. The average Bonchev–Trinajstić information content (AvgIpc) is 2.77. The number of aliphatic hydroxyl groups is 2. The second-order valence-electron chi connectivity index (χ2n) is 9.02. The number of hydrogen-bond acceptors (Lipinski definition) is 9. The van der Waals surface area contributed by atoms with Gasteiger partial charge in [-0.3, -0.25) is 14.6 Å². The van der Waals surface area contributed by atoms with Crippen LogP contribution in [0.15, 0.2) is 41.4 Å². The topological polar surface area (TPSA) is 176 Å². The summed E-state index contributed by atoms with van der Waals surface area (Å²) in [4.78, 5) is 28.3. The Kier molecular flexibility index (Phi) is 8.62. The number of rotatable bonds is 9. The quantitative estimate of drug-likeness (QED) is 0.245. The molecule has 0 aromatic heterocycles. The summed E-state index contributed by atoms with van der Waals surface area (Å²) in [6.45, 7) is 3.55. The maximum atomic E-state index is 12.7. The number of aliphatic hydroxyl groups excluding tert-OH is 1. The van der Waals surface area contributed by atoms with Gasteiger partial charge in [-0.05, 0) is 43.2 Å². The van der Waals surface area contributed by atoms with Gasteiger partial charge in [-0.25, -0.2) is 0 Å². The van der Waals surface area contributed by atoms with E-state index >= 15 is 0 Å². The highest BCUT2D eigenvalue weighted by atomic mass is 35.5. The van der Waals surface area contributed by atoms with Gasteiger partial charge in [-0.2, -0.15) is 0 Å². The van der Waals surface area contributed by atoms with Crippen LogP contribution in [0.25, 0.3) is 0 Å². The fraction of sp³-hybridized carbons (Fsp3) is 0.375. The normalized spacial score (nSPS) is 16.4. The molecule has 12 heteroatoms. The number of aromatic hydroxyl groups is 1. The molecule has 36 heavy (non-hydrogen) atoms. The van der Waals surface area contributed by atoms with Crippen LogP contribution in [0, 0.1) is 0 Å². The lowest BCUT2D eigenvalue weighted by atomic mass is 9.93. The van der Waals surface area contributed by atoms with E-state index in [0.717, 1.165) is 0 Å². The summed E-state index contributed by atoms with van der Waals surface area (Å²) >= 11 is 6.18. The third-order valence-electron chi connectivity index (χ3n) is 5.34. The summed E-state index contributed by atoms with van der Waals surface area (Å²) in [5, 5.41) is 51.1. The van der Waals surface area contributed by atoms with E-state index < -0.39 is 29.6 Å². The van der Waals surface area contributed by atoms with Crippen LogP contribution in [0.2, 0.25) is 5.02 Å². The van der Waals surface area contributed by atoms with E-state index in [9.17, 15) is 30.0 Å². The molecule has 0 radical (unpaired) electrons. The molecule has 8 N–H and O–H groups in total. The molecule has 3 rings (SSSR count). The third-order valence-corrected chi connectivity index (χ3v) is 5.56. The van der Waals surface area contributed by atoms with Gasteiger partial charge in [0.1, 0.15) is 5.75 Å². The molecule has 2 atom stereocenters. The van der Waals surface area contributed by atoms with E-state index in [1.54, 1.807) is 38.1 Å². The fourth-order valence-electron chi connectivity index (χ4n) is 3.56. The number of carboxylic acids is 1. The first-order chi connectivity index (χ1) is 16.9. The lowest BCUT2D eigenvalue weighted by Crippen LogP contribution is -2.42. The molecule has 0 saturated heterocycles. The third kappa shape index (κ3) is 8.01. The van der Waals surface area contributed by atoms with E-state index in [-0.39, 0.29) is 25.3 Å². The van der Waals surface area contributed by atoms with Crippen molar-refractivity contribution in [1.82, 2.24) is 10.6 Å². The van der Waals surface area contributed by atoms with Gasteiger partial charge in [-0.1, -0.05) is 17.7 Å². The molecule has 0 bridgehead atoms. The van der Waals surface area contributed by atoms with E-state index in [1.807, 2.05) is 0 Å². The van der Waals surface area contributed by atoms with Crippen molar-refractivity contribution in [3.05, 3.63) is 52.5 Å². The number of guanidine groups is 1. The van der Waals surface area contributed by atoms with Gasteiger partial charge in [0.25, 0.3) is 0 Å². The number of carboxylic acid groups (broad SMARTS) is 1. The van der Waals surface area contributed by atoms with E-state index in [0.29, 0.717) is 40.0 Å². The highest BCUT2D eigenvalue weighted by molar-refractivity contribution is 6.30. The Bertz CT molecular complexity index is 1150. The number of benzene rings is 2. The summed E-state index contributed by atoms with van der Waals surface area (Å²) in [5.41, 5.74) is 0.663. The number of anilines is 2. The fourth-order valence-corrected chi connectivity index (χ4v) is 3.80. The first-order valence-corrected chi connectivity index (χ1v) is 11.6. The summed E-state index contributed by atoms with van der Waals surface area (Å²) < 4.78 is 0. The number of phenols is 1. The van der Waals surface area contributed by atoms with E-state index in [1.165, 1.54) is 12.1 Å². The predicted molar refractivity (Wildman–Crippen MR) is 136 cm³/mol. The van der Waals surface area contributed by atoms with Crippen molar-refractivity contribution in [3.8, 4) is 5.75 Å². The molecule has 1 aliphatic rings. The van der Waals surface area contributed by atoms with Crippen LogP contribution in [-0.2, 0) is 15.2 Å². The number of β-amino-alcohol motifs (C(OH)–C–C–N with tert-alkyl or cyclic N) is 1. The number of aliphatic carboxylic acids is 1. The van der Waals surface area contributed by atoms with Crippen molar-refractivity contribution < 1.29 is 30.0 Å². The molecule has 1 amide bonds. The second kappa shape index (κ2) is 11.5. The van der Waals surface area contributed by atoms with Crippen LogP contribution in [0.5, 0.6) is 5.75 Å². The van der Waals surface area contributed by atoms with Crippen molar-refractivity contribution in [2.24, 2.45) is 4.99 Å². The Morgan fingerprint density at radius 3 is 2.56 bits per heavy atom. The van der Waals surface area contributed by atoms with Crippen LogP contribution >= 0.6 is 11.6 Å². The second-order valence-corrected chi connectivity index (χ2v) is 9.46. The Labute approximate surface area is 213 Å². The van der Waals surface area contributed by atoms with Crippen LogP contribution in [0.3, 0.4) is 0 Å². The number of phenolic OH excluding ortho intramolecular Hbond substituents is 1. The molecule has 0 fully saturated rings.